The molecule has 1 saturated heterocycles. The maximum absolute atomic E-state index is 14.2. The van der Waals surface area contributed by atoms with E-state index in [1.165, 1.54) is 29.4 Å². The van der Waals surface area contributed by atoms with Crippen molar-refractivity contribution in [3.05, 3.63) is 53.5 Å². The molecule has 33 heavy (non-hydrogen) atoms. The van der Waals surface area contributed by atoms with Crippen molar-refractivity contribution >= 4 is 34.3 Å². The second kappa shape index (κ2) is 7.70. The van der Waals surface area contributed by atoms with E-state index in [4.69, 9.17) is 20.8 Å². The average molecular weight is 474 g/mol. The van der Waals surface area contributed by atoms with Gasteiger partial charge in [0, 0.05) is 10.9 Å². The number of imidazole rings is 1. The Hall–Kier alpha value is -3.19. The summed E-state index contributed by atoms with van der Waals surface area (Å²) in [5, 5.41) is 32.4. The van der Waals surface area contributed by atoms with Crippen LogP contribution in [0.5, 0.6) is 0 Å². The van der Waals surface area contributed by atoms with Crippen molar-refractivity contribution in [3.8, 4) is 0 Å². The topological polar surface area (TPSA) is 144 Å². The summed E-state index contributed by atoms with van der Waals surface area (Å²) in [6, 6.07) is 4.20. The molecule has 11 nitrogen and oxygen atoms in total. The van der Waals surface area contributed by atoms with Crippen LogP contribution in [0.3, 0.4) is 0 Å². The third kappa shape index (κ3) is 3.51. The lowest BCUT2D eigenvalue weighted by atomic mass is 10.1. The van der Waals surface area contributed by atoms with E-state index in [9.17, 15) is 14.6 Å². The summed E-state index contributed by atoms with van der Waals surface area (Å²) < 4.78 is 27.2. The predicted octanol–water partition coefficient (Wildman–Crippen LogP) is 2.61. The van der Waals surface area contributed by atoms with E-state index in [-0.39, 0.29) is 28.3 Å². The third-order valence-electron chi connectivity index (χ3n) is 5.68. The standard InChI is InChI=1S/C20H17ClFN7O4/c21-9-3-4-11(10(22)5-9)26-16-12-17(24-6-23-16)29(7-25-12)20-14(31)13(30)15(32-20)19-28-27-18(33-19)8-1-2-8/h3-8,13-15,20,30-31H,1-2H2,(H,23,24,26)/t13-,14+,15-,20+/m0/s1. The highest BCUT2D eigenvalue weighted by Crippen LogP contribution is 2.43. The number of rotatable bonds is 5. The number of aliphatic hydroxyl groups is 2. The summed E-state index contributed by atoms with van der Waals surface area (Å²) in [5.41, 5.74) is 0.779. The fourth-order valence-electron chi connectivity index (χ4n) is 3.80. The first-order chi connectivity index (χ1) is 16.0. The van der Waals surface area contributed by atoms with Gasteiger partial charge in [-0.05, 0) is 31.0 Å². The molecule has 170 valence electrons. The van der Waals surface area contributed by atoms with E-state index in [1.54, 1.807) is 6.07 Å². The van der Waals surface area contributed by atoms with Crippen LogP contribution in [-0.4, -0.2) is 52.1 Å². The highest BCUT2D eigenvalue weighted by molar-refractivity contribution is 6.30. The van der Waals surface area contributed by atoms with Crippen molar-refractivity contribution in [1.29, 1.82) is 0 Å². The van der Waals surface area contributed by atoms with Crippen LogP contribution in [0.15, 0.2) is 35.3 Å². The van der Waals surface area contributed by atoms with E-state index in [2.05, 4.69) is 30.5 Å². The van der Waals surface area contributed by atoms with Crippen LogP contribution >= 0.6 is 11.6 Å². The average Bonchev–Trinajstić information content (AvgIpc) is 3.25. The van der Waals surface area contributed by atoms with Crippen molar-refractivity contribution in [2.24, 2.45) is 0 Å². The molecule has 0 radical (unpaired) electrons. The molecule has 0 amide bonds. The SMILES string of the molecule is O[C@@H]1[C@H](O)[C@@H](c2nnc(C3CC3)o2)O[C@H]1n1cnc2c(Nc3ccc(Cl)cc3F)ncnc21. The largest absolute Gasteiger partial charge is 0.422 e. The van der Waals surface area contributed by atoms with Gasteiger partial charge in [0.1, 0.15) is 24.4 Å². The minimum absolute atomic E-state index is 0.102. The second-order valence-corrected chi connectivity index (χ2v) is 8.41. The van der Waals surface area contributed by atoms with Crippen LogP contribution in [0.4, 0.5) is 15.9 Å². The fourth-order valence-corrected chi connectivity index (χ4v) is 3.96. The van der Waals surface area contributed by atoms with Crippen molar-refractivity contribution in [2.75, 3.05) is 5.32 Å². The Kier molecular flexibility index (Phi) is 4.76. The van der Waals surface area contributed by atoms with Gasteiger partial charge in [-0.2, -0.15) is 0 Å². The number of ether oxygens (including phenoxy) is 1. The van der Waals surface area contributed by atoms with Crippen LogP contribution in [0, 0.1) is 5.82 Å². The molecule has 4 aromatic rings. The number of anilines is 2. The molecule has 0 bridgehead atoms. The number of aliphatic hydroxyl groups excluding tert-OH is 2. The molecule has 4 atom stereocenters. The molecule has 1 saturated carbocycles. The first kappa shape index (κ1) is 20.4. The van der Waals surface area contributed by atoms with Gasteiger partial charge in [0.2, 0.25) is 11.8 Å². The lowest BCUT2D eigenvalue weighted by molar-refractivity contribution is -0.0439. The van der Waals surface area contributed by atoms with Gasteiger partial charge in [-0.25, -0.2) is 19.3 Å². The smallest absolute Gasteiger partial charge is 0.248 e. The van der Waals surface area contributed by atoms with Crippen LogP contribution in [0.25, 0.3) is 11.2 Å². The summed E-state index contributed by atoms with van der Waals surface area (Å²) in [7, 11) is 0. The minimum atomic E-state index is -1.32. The van der Waals surface area contributed by atoms with Crippen LogP contribution < -0.4 is 5.32 Å². The highest BCUT2D eigenvalue weighted by atomic mass is 35.5. The van der Waals surface area contributed by atoms with Crippen molar-refractivity contribution < 1.29 is 23.8 Å². The lowest BCUT2D eigenvalue weighted by Gasteiger charge is -2.16. The summed E-state index contributed by atoms with van der Waals surface area (Å²) in [6.07, 6.45) is -0.0191. The molecular weight excluding hydrogens is 457 g/mol. The van der Waals surface area contributed by atoms with Crippen molar-refractivity contribution in [1.82, 2.24) is 29.7 Å². The Morgan fingerprint density at radius 2 is 1.91 bits per heavy atom. The minimum Gasteiger partial charge on any atom is -0.422 e. The zero-order chi connectivity index (χ0) is 22.7. The zero-order valence-electron chi connectivity index (χ0n) is 16.8. The normalized spacial score (nSPS) is 25.1. The molecule has 0 spiro atoms. The number of benzene rings is 1. The van der Waals surface area contributed by atoms with Gasteiger partial charge in [-0.15, -0.1) is 10.2 Å². The van der Waals surface area contributed by atoms with E-state index in [0.29, 0.717) is 17.1 Å². The summed E-state index contributed by atoms with van der Waals surface area (Å²) >= 11 is 5.81. The molecule has 1 aromatic carbocycles. The molecule has 0 unspecified atom stereocenters. The maximum Gasteiger partial charge on any atom is 0.248 e. The van der Waals surface area contributed by atoms with Crippen LogP contribution in [0.2, 0.25) is 5.02 Å². The number of nitrogens with zero attached hydrogens (tertiary/aromatic N) is 6. The predicted molar refractivity (Wildman–Crippen MR) is 111 cm³/mol. The second-order valence-electron chi connectivity index (χ2n) is 7.98. The molecule has 6 rings (SSSR count). The first-order valence-electron chi connectivity index (χ1n) is 10.2. The fraction of sp³-hybridized carbons (Fsp3) is 0.350. The molecule has 2 fully saturated rings. The molecule has 3 aromatic heterocycles. The summed E-state index contributed by atoms with van der Waals surface area (Å²) in [4.78, 5) is 12.7. The Morgan fingerprint density at radius 1 is 1.09 bits per heavy atom. The van der Waals surface area contributed by atoms with Crippen molar-refractivity contribution in [2.45, 2.75) is 43.3 Å². The summed E-state index contributed by atoms with van der Waals surface area (Å²) in [5.74, 6) is 0.543. The zero-order valence-corrected chi connectivity index (χ0v) is 17.6. The van der Waals surface area contributed by atoms with Gasteiger partial charge in [0.15, 0.2) is 29.3 Å². The monoisotopic (exact) mass is 473 g/mol. The molecule has 3 N–H and O–H groups in total. The lowest BCUT2D eigenvalue weighted by Crippen LogP contribution is -2.29. The molecule has 13 heteroatoms. The number of fused-ring (bicyclic) bond motifs is 1. The Balaban J connectivity index is 1.30. The molecule has 2 aliphatic rings. The van der Waals surface area contributed by atoms with Crippen LogP contribution in [0.1, 0.15) is 42.9 Å². The van der Waals surface area contributed by atoms with Gasteiger partial charge in [-0.1, -0.05) is 11.6 Å². The Bertz CT molecular complexity index is 1340. The highest BCUT2D eigenvalue weighted by Gasteiger charge is 2.48. The third-order valence-corrected chi connectivity index (χ3v) is 5.92. The number of hydrogen-bond donors (Lipinski definition) is 3. The van der Waals surface area contributed by atoms with Gasteiger partial charge in [0.05, 0.1) is 12.0 Å². The molecule has 1 aliphatic carbocycles. The number of hydrogen-bond acceptors (Lipinski definition) is 10. The number of halogens is 2. The molecule has 4 heterocycles. The van der Waals surface area contributed by atoms with E-state index in [0.717, 1.165) is 12.8 Å². The van der Waals surface area contributed by atoms with E-state index < -0.39 is 30.4 Å². The quantitative estimate of drug-likeness (QED) is 0.395. The van der Waals surface area contributed by atoms with Crippen LogP contribution in [-0.2, 0) is 4.74 Å². The Morgan fingerprint density at radius 3 is 2.70 bits per heavy atom. The van der Waals surface area contributed by atoms with Gasteiger partial charge >= 0.3 is 0 Å². The van der Waals surface area contributed by atoms with Crippen molar-refractivity contribution in [3.63, 3.8) is 0 Å². The first-order valence-corrected chi connectivity index (χ1v) is 10.6. The number of aromatic nitrogens is 6. The van der Waals surface area contributed by atoms with Gasteiger partial charge in [-0.3, -0.25) is 4.57 Å². The molecule has 1 aliphatic heterocycles. The van der Waals surface area contributed by atoms with Gasteiger partial charge < -0.3 is 24.7 Å². The van der Waals surface area contributed by atoms with E-state index in [1.807, 2.05) is 0 Å². The molecular formula is C20H17ClFN7O4. The maximum atomic E-state index is 14.2. The summed E-state index contributed by atoms with van der Waals surface area (Å²) in [6.45, 7) is 0. The van der Waals surface area contributed by atoms with Gasteiger partial charge in [0.25, 0.3) is 0 Å². The Labute approximate surface area is 190 Å². The van der Waals surface area contributed by atoms with E-state index >= 15 is 0 Å². The number of nitrogens with one attached hydrogen (secondary N) is 1.